The highest BCUT2D eigenvalue weighted by atomic mass is 16.6. The number of hydrogen-bond acceptors (Lipinski definition) is 3. The van der Waals surface area contributed by atoms with E-state index in [1.807, 2.05) is 0 Å². The van der Waals surface area contributed by atoms with Crippen molar-refractivity contribution in [3.8, 4) is 0 Å². The molecule has 0 aromatic heterocycles. The first-order valence-electron chi connectivity index (χ1n) is 5.94. The lowest BCUT2D eigenvalue weighted by atomic mass is 10.0. The first-order chi connectivity index (χ1) is 7.03. The van der Waals surface area contributed by atoms with E-state index in [0.29, 0.717) is 12.5 Å². The lowest BCUT2D eigenvalue weighted by Gasteiger charge is -2.29. The molecule has 3 nitrogen and oxygen atoms in total. The zero-order valence-electron chi connectivity index (χ0n) is 10.2. The normalized spacial score (nSPS) is 40.8. The number of fused-ring (bicyclic) bond motifs is 1. The predicted molar refractivity (Wildman–Crippen MR) is 57.9 cm³/mol. The van der Waals surface area contributed by atoms with E-state index in [1.165, 1.54) is 0 Å². The van der Waals surface area contributed by atoms with E-state index in [9.17, 15) is 0 Å². The van der Waals surface area contributed by atoms with Gasteiger partial charge in [-0.1, -0.05) is 13.8 Å². The van der Waals surface area contributed by atoms with Gasteiger partial charge in [0.25, 0.3) is 0 Å². The molecule has 2 rings (SSSR count). The Hall–Kier alpha value is -0.120. The van der Waals surface area contributed by atoms with Crippen LogP contribution in [0.4, 0.5) is 0 Å². The molecule has 2 heterocycles. The van der Waals surface area contributed by atoms with E-state index in [1.54, 1.807) is 0 Å². The fourth-order valence-corrected chi connectivity index (χ4v) is 2.25. The summed E-state index contributed by atoms with van der Waals surface area (Å²) in [5.74, 6) is 0.508. The molecule has 0 spiro atoms. The Morgan fingerprint density at radius 2 is 1.87 bits per heavy atom. The lowest BCUT2D eigenvalue weighted by molar-refractivity contribution is -0.112. The summed E-state index contributed by atoms with van der Waals surface area (Å²) >= 11 is 0. The highest BCUT2D eigenvalue weighted by Crippen LogP contribution is 2.34. The maximum atomic E-state index is 6.06. The molecule has 2 fully saturated rings. The van der Waals surface area contributed by atoms with Crippen molar-refractivity contribution >= 4 is 0 Å². The minimum absolute atomic E-state index is 0.0713. The fourth-order valence-electron chi connectivity index (χ4n) is 2.25. The molecule has 0 aliphatic carbocycles. The van der Waals surface area contributed by atoms with Gasteiger partial charge < -0.3 is 14.2 Å². The highest BCUT2D eigenvalue weighted by Gasteiger charge is 2.47. The average molecular weight is 214 g/mol. The summed E-state index contributed by atoms with van der Waals surface area (Å²) in [4.78, 5) is 0. The molecule has 0 aromatic rings. The zero-order valence-corrected chi connectivity index (χ0v) is 10.2. The van der Waals surface area contributed by atoms with Gasteiger partial charge in [0, 0.05) is 5.92 Å². The third-order valence-corrected chi connectivity index (χ3v) is 3.58. The summed E-state index contributed by atoms with van der Waals surface area (Å²) in [5.41, 5.74) is -0.0713. The molecule has 0 N–H and O–H groups in total. The molecular weight excluding hydrogens is 192 g/mol. The van der Waals surface area contributed by atoms with Crippen LogP contribution < -0.4 is 0 Å². The van der Waals surface area contributed by atoms with Crippen LogP contribution in [-0.2, 0) is 14.2 Å². The van der Waals surface area contributed by atoms with Gasteiger partial charge in [-0.25, -0.2) is 0 Å². The Kier molecular flexibility index (Phi) is 3.06. The van der Waals surface area contributed by atoms with Gasteiger partial charge in [-0.2, -0.15) is 0 Å². The quantitative estimate of drug-likeness (QED) is 0.719. The van der Waals surface area contributed by atoms with Gasteiger partial charge in [-0.15, -0.1) is 0 Å². The van der Waals surface area contributed by atoms with Gasteiger partial charge in [-0.05, 0) is 20.3 Å². The Morgan fingerprint density at radius 3 is 2.53 bits per heavy atom. The lowest BCUT2D eigenvalue weighted by Crippen LogP contribution is -2.38. The molecule has 2 aliphatic rings. The molecule has 2 saturated heterocycles. The minimum atomic E-state index is -0.0713. The van der Waals surface area contributed by atoms with Crippen LogP contribution in [0.3, 0.4) is 0 Å². The predicted octanol–water partition coefficient (Wildman–Crippen LogP) is 1.99. The summed E-state index contributed by atoms with van der Waals surface area (Å²) in [6.07, 6.45) is 1.54. The van der Waals surface area contributed by atoms with Crippen LogP contribution in [0.25, 0.3) is 0 Å². The molecule has 0 aromatic carbocycles. The Labute approximate surface area is 92.1 Å². The van der Waals surface area contributed by atoms with E-state index in [4.69, 9.17) is 14.2 Å². The minimum Gasteiger partial charge on any atom is -0.372 e. The third kappa shape index (κ3) is 2.19. The van der Waals surface area contributed by atoms with Gasteiger partial charge >= 0.3 is 0 Å². The van der Waals surface area contributed by atoms with Crippen LogP contribution in [-0.4, -0.2) is 37.1 Å². The highest BCUT2D eigenvalue weighted by molar-refractivity contribution is 4.94. The summed E-state index contributed by atoms with van der Waals surface area (Å²) in [5, 5.41) is 0. The molecule has 0 bridgehead atoms. The number of ether oxygens (including phenoxy) is 3. The Bertz CT molecular complexity index is 227. The van der Waals surface area contributed by atoms with Gasteiger partial charge in [-0.3, -0.25) is 0 Å². The molecule has 88 valence electrons. The molecule has 3 heteroatoms. The van der Waals surface area contributed by atoms with Crippen molar-refractivity contribution in [1.82, 2.24) is 0 Å². The van der Waals surface area contributed by atoms with Crippen molar-refractivity contribution in [3.05, 3.63) is 0 Å². The summed E-state index contributed by atoms with van der Waals surface area (Å²) in [6, 6.07) is 0. The molecule has 2 unspecified atom stereocenters. The maximum absolute atomic E-state index is 6.06. The van der Waals surface area contributed by atoms with Crippen LogP contribution >= 0.6 is 0 Å². The standard InChI is InChI=1S/C12H22O3/c1-5-12(3,4)15-9-7-14-10-8(2)6-13-11(9)10/h8-11H,5-7H2,1-4H3/t8?,9?,10-,11-/m1/s1. The van der Waals surface area contributed by atoms with E-state index in [2.05, 4.69) is 27.7 Å². The zero-order chi connectivity index (χ0) is 11.1. The SMILES string of the molecule is CCC(C)(C)OC1CO[C@@H]2C(C)CO[C@H]12. The van der Waals surface area contributed by atoms with Gasteiger partial charge in [0.2, 0.25) is 0 Å². The monoisotopic (exact) mass is 214 g/mol. The fraction of sp³-hybridized carbons (Fsp3) is 1.00. The van der Waals surface area contributed by atoms with Crippen LogP contribution in [0.5, 0.6) is 0 Å². The van der Waals surface area contributed by atoms with Crippen molar-refractivity contribution in [2.75, 3.05) is 13.2 Å². The molecule has 0 amide bonds. The van der Waals surface area contributed by atoms with E-state index in [0.717, 1.165) is 13.0 Å². The molecule has 15 heavy (non-hydrogen) atoms. The second-order valence-electron chi connectivity index (χ2n) is 5.34. The summed E-state index contributed by atoms with van der Waals surface area (Å²) < 4.78 is 17.5. The largest absolute Gasteiger partial charge is 0.372 e. The Balaban J connectivity index is 1.95. The van der Waals surface area contributed by atoms with Crippen molar-refractivity contribution in [1.29, 1.82) is 0 Å². The second kappa shape index (κ2) is 4.04. The smallest absolute Gasteiger partial charge is 0.112 e. The summed E-state index contributed by atoms with van der Waals surface area (Å²) in [6.45, 7) is 10.1. The Morgan fingerprint density at radius 1 is 1.20 bits per heavy atom. The van der Waals surface area contributed by atoms with E-state index < -0.39 is 0 Å². The molecular formula is C12H22O3. The van der Waals surface area contributed by atoms with Crippen molar-refractivity contribution < 1.29 is 14.2 Å². The number of rotatable bonds is 3. The first kappa shape index (κ1) is 11.4. The van der Waals surface area contributed by atoms with Gasteiger partial charge in [0.1, 0.15) is 12.2 Å². The molecule has 0 saturated carbocycles. The third-order valence-electron chi connectivity index (χ3n) is 3.58. The van der Waals surface area contributed by atoms with Crippen molar-refractivity contribution in [2.24, 2.45) is 5.92 Å². The average Bonchev–Trinajstić information content (AvgIpc) is 2.72. The molecule has 0 radical (unpaired) electrons. The van der Waals surface area contributed by atoms with E-state index in [-0.39, 0.29) is 23.9 Å². The topological polar surface area (TPSA) is 27.7 Å². The summed E-state index contributed by atoms with van der Waals surface area (Å²) in [7, 11) is 0. The van der Waals surface area contributed by atoms with Crippen LogP contribution in [0.1, 0.15) is 34.1 Å². The van der Waals surface area contributed by atoms with Crippen molar-refractivity contribution in [2.45, 2.75) is 58.0 Å². The molecule has 4 atom stereocenters. The van der Waals surface area contributed by atoms with Crippen molar-refractivity contribution in [3.63, 3.8) is 0 Å². The molecule has 2 aliphatic heterocycles. The first-order valence-corrected chi connectivity index (χ1v) is 5.94. The second-order valence-corrected chi connectivity index (χ2v) is 5.34. The van der Waals surface area contributed by atoms with Crippen LogP contribution in [0, 0.1) is 5.92 Å². The van der Waals surface area contributed by atoms with Gasteiger partial charge in [0.05, 0.1) is 24.9 Å². The van der Waals surface area contributed by atoms with Gasteiger partial charge in [0.15, 0.2) is 0 Å². The van der Waals surface area contributed by atoms with E-state index >= 15 is 0 Å². The van der Waals surface area contributed by atoms with Crippen LogP contribution in [0.15, 0.2) is 0 Å². The number of hydrogen-bond donors (Lipinski definition) is 0. The van der Waals surface area contributed by atoms with Crippen LogP contribution in [0.2, 0.25) is 0 Å². The maximum Gasteiger partial charge on any atom is 0.112 e.